The number of amides is 2. The van der Waals surface area contributed by atoms with E-state index in [-0.39, 0.29) is 23.8 Å². The zero-order valence-electron chi connectivity index (χ0n) is 13.9. The number of carbonyl (C=O) groups is 2. The Hall–Kier alpha value is -1.10. The number of nitrogens with zero attached hydrogens (tertiary/aromatic N) is 1. The van der Waals surface area contributed by atoms with Gasteiger partial charge in [0, 0.05) is 25.4 Å². The van der Waals surface area contributed by atoms with E-state index in [4.69, 9.17) is 0 Å². The number of hydrogen-bond acceptors (Lipinski definition) is 3. The van der Waals surface area contributed by atoms with Gasteiger partial charge in [0.2, 0.25) is 11.8 Å². The lowest BCUT2D eigenvalue weighted by Gasteiger charge is -2.34. The van der Waals surface area contributed by atoms with Gasteiger partial charge in [0.05, 0.1) is 11.6 Å². The first-order chi connectivity index (χ1) is 10.4. The Morgan fingerprint density at radius 1 is 1.14 bits per heavy atom. The van der Waals surface area contributed by atoms with Crippen molar-refractivity contribution in [1.82, 2.24) is 10.2 Å². The fourth-order valence-corrected chi connectivity index (χ4v) is 3.75. The normalized spacial score (nSPS) is 23.6. The van der Waals surface area contributed by atoms with Crippen LogP contribution in [0.3, 0.4) is 0 Å². The molecule has 2 N–H and O–H groups in total. The minimum Gasteiger partial charge on any atom is -0.388 e. The predicted molar refractivity (Wildman–Crippen MR) is 85.2 cm³/mol. The van der Waals surface area contributed by atoms with E-state index in [1.807, 2.05) is 0 Å². The highest BCUT2D eigenvalue weighted by Gasteiger charge is 2.38. The van der Waals surface area contributed by atoms with Crippen LogP contribution < -0.4 is 5.32 Å². The first-order valence-corrected chi connectivity index (χ1v) is 8.69. The standard InChI is InChI=1S/C17H30N2O3/c1-17(2,22)14-9-6-12-19(14)15(20)10-11-18-16(21)13-7-4-3-5-8-13/h13-14,22H,3-12H2,1-2H3,(H,18,21). The third-order valence-electron chi connectivity index (χ3n) is 5.00. The van der Waals surface area contributed by atoms with Crippen LogP contribution in [0.4, 0.5) is 0 Å². The van der Waals surface area contributed by atoms with Gasteiger partial charge in [-0.2, -0.15) is 0 Å². The van der Waals surface area contributed by atoms with Crippen molar-refractivity contribution in [2.45, 2.75) is 76.9 Å². The van der Waals surface area contributed by atoms with Gasteiger partial charge in [-0.1, -0.05) is 19.3 Å². The quantitative estimate of drug-likeness (QED) is 0.814. The lowest BCUT2D eigenvalue weighted by Crippen LogP contribution is -2.48. The summed E-state index contributed by atoms with van der Waals surface area (Å²) in [6.07, 6.45) is 7.58. The van der Waals surface area contributed by atoms with E-state index < -0.39 is 5.60 Å². The molecule has 2 amide bonds. The van der Waals surface area contributed by atoms with Gasteiger partial charge in [0.1, 0.15) is 0 Å². The summed E-state index contributed by atoms with van der Waals surface area (Å²) in [6.45, 7) is 4.63. The molecule has 0 aromatic rings. The monoisotopic (exact) mass is 310 g/mol. The second-order valence-corrected chi connectivity index (χ2v) is 7.27. The number of hydrogen-bond donors (Lipinski definition) is 2. The molecule has 1 saturated carbocycles. The molecule has 1 aliphatic heterocycles. The van der Waals surface area contributed by atoms with Crippen LogP contribution in [-0.2, 0) is 9.59 Å². The number of aliphatic hydroxyl groups is 1. The molecule has 5 heteroatoms. The Kier molecular flexibility index (Phi) is 5.84. The number of likely N-dealkylation sites (tertiary alicyclic amines) is 1. The zero-order chi connectivity index (χ0) is 16.2. The van der Waals surface area contributed by atoms with Gasteiger partial charge in [-0.05, 0) is 39.5 Å². The maximum absolute atomic E-state index is 12.3. The molecule has 5 nitrogen and oxygen atoms in total. The van der Waals surface area contributed by atoms with E-state index in [1.165, 1.54) is 6.42 Å². The molecule has 0 radical (unpaired) electrons. The van der Waals surface area contributed by atoms with E-state index in [0.29, 0.717) is 19.5 Å². The fraction of sp³-hybridized carbons (Fsp3) is 0.882. The summed E-state index contributed by atoms with van der Waals surface area (Å²) in [7, 11) is 0. The Morgan fingerprint density at radius 3 is 2.45 bits per heavy atom. The van der Waals surface area contributed by atoms with E-state index >= 15 is 0 Å². The lowest BCUT2D eigenvalue weighted by atomic mass is 9.89. The minimum atomic E-state index is -0.864. The van der Waals surface area contributed by atoms with Crippen LogP contribution in [0.25, 0.3) is 0 Å². The Labute approximate surface area is 133 Å². The van der Waals surface area contributed by atoms with E-state index in [9.17, 15) is 14.7 Å². The first kappa shape index (κ1) is 17.3. The molecule has 1 unspecified atom stereocenters. The summed E-state index contributed by atoms with van der Waals surface area (Å²) in [5, 5.41) is 13.1. The average molecular weight is 310 g/mol. The van der Waals surface area contributed by atoms with Gasteiger partial charge in [0.25, 0.3) is 0 Å². The van der Waals surface area contributed by atoms with Crippen LogP contribution >= 0.6 is 0 Å². The molecule has 1 aliphatic carbocycles. The van der Waals surface area contributed by atoms with Crippen LogP contribution in [-0.4, -0.2) is 46.6 Å². The number of rotatable bonds is 5. The van der Waals surface area contributed by atoms with Crippen molar-refractivity contribution in [3.63, 3.8) is 0 Å². The van der Waals surface area contributed by atoms with Gasteiger partial charge in [-0.15, -0.1) is 0 Å². The molecule has 126 valence electrons. The molecule has 2 fully saturated rings. The summed E-state index contributed by atoms with van der Waals surface area (Å²) < 4.78 is 0. The zero-order valence-corrected chi connectivity index (χ0v) is 13.9. The summed E-state index contributed by atoms with van der Waals surface area (Å²) >= 11 is 0. The second-order valence-electron chi connectivity index (χ2n) is 7.27. The molecular formula is C17H30N2O3. The SMILES string of the molecule is CC(C)(O)C1CCCN1C(=O)CCNC(=O)C1CCCCC1. The summed E-state index contributed by atoms with van der Waals surface area (Å²) in [6, 6.07) is -0.103. The molecule has 0 aromatic heterocycles. The Bertz CT molecular complexity index is 397. The third kappa shape index (κ3) is 4.45. The molecule has 2 aliphatic rings. The summed E-state index contributed by atoms with van der Waals surface area (Å²) in [4.78, 5) is 26.2. The minimum absolute atomic E-state index is 0.0357. The van der Waals surface area contributed by atoms with Crippen LogP contribution in [0.15, 0.2) is 0 Å². The third-order valence-corrected chi connectivity index (χ3v) is 5.00. The molecule has 1 atom stereocenters. The van der Waals surface area contributed by atoms with Gasteiger partial charge >= 0.3 is 0 Å². The Balaban J connectivity index is 1.74. The topological polar surface area (TPSA) is 69.6 Å². The highest BCUT2D eigenvalue weighted by molar-refractivity contribution is 5.80. The highest BCUT2D eigenvalue weighted by Crippen LogP contribution is 2.27. The van der Waals surface area contributed by atoms with E-state index in [2.05, 4.69) is 5.32 Å². The summed E-state index contributed by atoms with van der Waals surface area (Å²) in [5.74, 6) is 0.279. The lowest BCUT2D eigenvalue weighted by molar-refractivity contribution is -0.136. The molecular weight excluding hydrogens is 280 g/mol. The molecule has 22 heavy (non-hydrogen) atoms. The number of nitrogens with one attached hydrogen (secondary N) is 1. The van der Waals surface area contributed by atoms with Crippen LogP contribution in [0.5, 0.6) is 0 Å². The van der Waals surface area contributed by atoms with E-state index in [0.717, 1.165) is 38.5 Å². The predicted octanol–water partition coefficient (Wildman–Crippen LogP) is 1.83. The smallest absolute Gasteiger partial charge is 0.224 e. The van der Waals surface area contributed by atoms with Crippen molar-refractivity contribution >= 4 is 11.8 Å². The van der Waals surface area contributed by atoms with Crippen molar-refractivity contribution in [3.05, 3.63) is 0 Å². The fourth-order valence-electron chi connectivity index (χ4n) is 3.75. The first-order valence-electron chi connectivity index (χ1n) is 8.69. The van der Waals surface area contributed by atoms with Gasteiger partial charge in [0.15, 0.2) is 0 Å². The second kappa shape index (κ2) is 7.44. The molecule has 0 bridgehead atoms. The van der Waals surface area contributed by atoms with Crippen molar-refractivity contribution < 1.29 is 14.7 Å². The van der Waals surface area contributed by atoms with Crippen LogP contribution in [0, 0.1) is 5.92 Å². The van der Waals surface area contributed by atoms with Gasteiger partial charge < -0.3 is 15.3 Å². The Morgan fingerprint density at radius 2 is 1.82 bits per heavy atom. The largest absolute Gasteiger partial charge is 0.388 e. The van der Waals surface area contributed by atoms with Crippen molar-refractivity contribution in [3.8, 4) is 0 Å². The van der Waals surface area contributed by atoms with E-state index in [1.54, 1.807) is 18.7 Å². The molecule has 1 saturated heterocycles. The highest BCUT2D eigenvalue weighted by atomic mass is 16.3. The molecule has 1 heterocycles. The molecule has 2 rings (SSSR count). The maximum Gasteiger partial charge on any atom is 0.224 e. The summed E-state index contributed by atoms with van der Waals surface area (Å²) in [5.41, 5.74) is -0.864. The molecule has 0 aromatic carbocycles. The van der Waals surface area contributed by atoms with Gasteiger partial charge in [-0.25, -0.2) is 0 Å². The molecule has 0 spiro atoms. The van der Waals surface area contributed by atoms with Gasteiger partial charge in [-0.3, -0.25) is 9.59 Å². The van der Waals surface area contributed by atoms with Crippen molar-refractivity contribution in [1.29, 1.82) is 0 Å². The number of carbonyl (C=O) groups excluding carboxylic acids is 2. The maximum atomic E-state index is 12.3. The van der Waals surface area contributed by atoms with Crippen LogP contribution in [0.2, 0.25) is 0 Å². The van der Waals surface area contributed by atoms with Crippen LogP contribution in [0.1, 0.15) is 65.2 Å². The van der Waals surface area contributed by atoms with Crippen molar-refractivity contribution in [2.75, 3.05) is 13.1 Å². The average Bonchev–Trinajstić information content (AvgIpc) is 2.97. The van der Waals surface area contributed by atoms with Crippen molar-refractivity contribution in [2.24, 2.45) is 5.92 Å².